The fourth-order valence-corrected chi connectivity index (χ4v) is 2.65. The van der Waals surface area contributed by atoms with E-state index in [2.05, 4.69) is 21.2 Å². The van der Waals surface area contributed by atoms with Crippen LogP contribution >= 0.6 is 27.7 Å². The zero-order valence-corrected chi connectivity index (χ0v) is 11.3. The zero-order valence-electron chi connectivity index (χ0n) is 8.93. The second kappa shape index (κ2) is 7.34. The number of hydrogen-bond donors (Lipinski definition) is 2. The number of amides is 1. The summed E-state index contributed by atoms with van der Waals surface area (Å²) in [5, 5.41) is 11.1. The average molecular weight is 318 g/mol. The van der Waals surface area contributed by atoms with Crippen LogP contribution in [-0.2, 0) is 15.3 Å². The van der Waals surface area contributed by atoms with E-state index in [1.165, 1.54) is 11.8 Å². The smallest absolute Gasteiger partial charge is 0.327 e. The van der Waals surface area contributed by atoms with Crippen molar-refractivity contribution in [2.45, 2.75) is 11.8 Å². The maximum absolute atomic E-state index is 10.7. The largest absolute Gasteiger partial charge is 0.480 e. The summed E-state index contributed by atoms with van der Waals surface area (Å²) in [4.78, 5) is 21.0. The standard InChI is InChI=1S/C11H12BrNO3S/c12-9-3-1-2-8(4-9)5-17-6-10(11(15)16)13-7-14/h1-4,7,10H,5-6H2,(H,13,14)(H,15,16). The van der Waals surface area contributed by atoms with Crippen molar-refractivity contribution in [1.29, 1.82) is 0 Å². The highest BCUT2D eigenvalue weighted by Gasteiger charge is 2.15. The normalized spacial score (nSPS) is 11.8. The Kier molecular flexibility index (Phi) is 6.07. The number of nitrogens with one attached hydrogen (secondary N) is 1. The van der Waals surface area contributed by atoms with Gasteiger partial charge < -0.3 is 10.4 Å². The van der Waals surface area contributed by atoms with Crippen LogP contribution in [0.2, 0.25) is 0 Å². The first-order valence-electron chi connectivity index (χ1n) is 4.88. The van der Waals surface area contributed by atoms with Crippen molar-refractivity contribution >= 4 is 40.1 Å². The molecule has 0 spiro atoms. The summed E-state index contributed by atoms with van der Waals surface area (Å²) in [5.74, 6) is 0.0449. The van der Waals surface area contributed by atoms with Crippen molar-refractivity contribution in [3.05, 3.63) is 34.3 Å². The predicted octanol–water partition coefficient (Wildman–Crippen LogP) is 1.88. The first-order chi connectivity index (χ1) is 8.13. The van der Waals surface area contributed by atoms with Crippen molar-refractivity contribution in [2.24, 2.45) is 0 Å². The van der Waals surface area contributed by atoms with Crippen molar-refractivity contribution in [2.75, 3.05) is 5.75 Å². The van der Waals surface area contributed by atoms with Crippen molar-refractivity contribution in [1.82, 2.24) is 5.32 Å². The quantitative estimate of drug-likeness (QED) is 0.754. The Balaban J connectivity index is 2.40. The molecule has 6 heteroatoms. The maximum atomic E-state index is 10.7. The van der Waals surface area contributed by atoms with Crippen molar-refractivity contribution in [3.63, 3.8) is 0 Å². The SMILES string of the molecule is O=CNC(CSCc1cccc(Br)c1)C(=O)O. The molecule has 17 heavy (non-hydrogen) atoms. The fourth-order valence-electron chi connectivity index (χ4n) is 1.19. The summed E-state index contributed by atoms with van der Waals surface area (Å²) in [7, 11) is 0. The van der Waals surface area contributed by atoms with Gasteiger partial charge in [-0.25, -0.2) is 4.79 Å². The molecule has 0 aliphatic heterocycles. The molecule has 0 aliphatic carbocycles. The fraction of sp³-hybridized carbons (Fsp3) is 0.273. The van der Waals surface area contributed by atoms with E-state index in [1.54, 1.807) is 0 Å². The summed E-state index contributed by atoms with van der Waals surface area (Å²) < 4.78 is 0.997. The van der Waals surface area contributed by atoms with Gasteiger partial charge in [-0.05, 0) is 17.7 Å². The molecule has 0 aromatic heterocycles. The van der Waals surface area contributed by atoms with Gasteiger partial charge in [-0.15, -0.1) is 0 Å². The molecule has 0 fully saturated rings. The molecule has 1 unspecified atom stereocenters. The molecule has 1 atom stereocenters. The number of hydrogen-bond acceptors (Lipinski definition) is 3. The molecule has 1 amide bonds. The lowest BCUT2D eigenvalue weighted by Gasteiger charge is -2.10. The van der Waals surface area contributed by atoms with Gasteiger partial charge in [-0.2, -0.15) is 11.8 Å². The number of aliphatic carboxylic acids is 1. The van der Waals surface area contributed by atoms with Gasteiger partial charge in [0.1, 0.15) is 6.04 Å². The lowest BCUT2D eigenvalue weighted by Crippen LogP contribution is -2.37. The van der Waals surface area contributed by atoms with E-state index in [1.807, 2.05) is 24.3 Å². The molecule has 4 nitrogen and oxygen atoms in total. The summed E-state index contributed by atoms with van der Waals surface area (Å²) >= 11 is 4.84. The molecule has 1 aromatic carbocycles. The Labute approximate surface area is 112 Å². The highest BCUT2D eigenvalue weighted by molar-refractivity contribution is 9.10. The van der Waals surface area contributed by atoms with Gasteiger partial charge in [0.15, 0.2) is 0 Å². The summed E-state index contributed by atoms with van der Waals surface area (Å²) in [6, 6.07) is 6.99. The number of rotatable bonds is 7. The molecule has 0 saturated heterocycles. The van der Waals surface area contributed by atoms with E-state index < -0.39 is 12.0 Å². The second-order valence-electron chi connectivity index (χ2n) is 3.32. The minimum Gasteiger partial charge on any atom is -0.480 e. The average Bonchev–Trinajstić information content (AvgIpc) is 2.28. The molecule has 0 heterocycles. The molecule has 0 radical (unpaired) electrons. The van der Waals surface area contributed by atoms with E-state index in [4.69, 9.17) is 5.11 Å². The Hall–Kier alpha value is -1.01. The summed E-state index contributed by atoms with van der Waals surface area (Å²) in [5.41, 5.74) is 1.11. The Morgan fingerprint density at radius 2 is 2.35 bits per heavy atom. The molecule has 0 bridgehead atoms. The third-order valence-corrected chi connectivity index (χ3v) is 3.61. The molecular weight excluding hydrogens is 306 g/mol. The van der Waals surface area contributed by atoms with Gasteiger partial charge in [-0.1, -0.05) is 28.1 Å². The van der Waals surface area contributed by atoms with E-state index in [-0.39, 0.29) is 0 Å². The molecule has 2 N–H and O–H groups in total. The third-order valence-electron chi connectivity index (χ3n) is 2.01. The van der Waals surface area contributed by atoms with Gasteiger partial charge in [0.05, 0.1) is 0 Å². The van der Waals surface area contributed by atoms with Crippen LogP contribution < -0.4 is 5.32 Å². The number of benzene rings is 1. The maximum Gasteiger partial charge on any atom is 0.327 e. The monoisotopic (exact) mass is 317 g/mol. The second-order valence-corrected chi connectivity index (χ2v) is 5.27. The van der Waals surface area contributed by atoms with Crippen molar-refractivity contribution < 1.29 is 14.7 Å². The number of carbonyl (C=O) groups excluding carboxylic acids is 1. The number of halogens is 1. The molecule has 1 aromatic rings. The van der Waals surface area contributed by atoms with Gasteiger partial charge in [-0.3, -0.25) is 4.79 Å². The topological polar surface area (TPSA) is 66.4 Å². The Morgan fingerprint density at radius 1 is 1.59 bits per heavy atom. The van der Waals surface area contributed by atoms with Gasteiger partial charge in [0, 0.05) is 16.0 Å². The minimum atomic E-state index is -1.01. The van der Waals surface area contributed by atoms with Crippen LogP contribution in [0.5, 0.6) is 0 Å². The van der Waals surface area contributed by atoms with E-state index >= 15 is 0 Å². The van der Waals surface area contributed by atoms with E-state index in [9.17, 15) is 9.59 Å². The summed E-state index contributed by atoms with van der Waals surface area (Å²) in [6.07, 6.45) is 0.415. The lowest BCUT2D eigenvalue weighted by molar-refractivity contribution is -0.139. The van der Waals surface area contributed by atoms with Gasteiger partial charge in [0.2, 0.25) is 6.41 Å². The molecule has 0 saturated carbocycles. The number of carboxylic acids is 1. The van der Waals surface area contributed by atoms with Crippen LogP contribution in [-0.4, -0.2) is 29.3 Å². The minimum absolute atomic E-state index is 0.348. The van der Waals surface area contributed by atoms with E-state index in [0.29, 0.717) is 17.9 Å². The van der Waals surface area contributed by atoms with Crippen LogP contribution in [0.4, 0.5) is 0 Å². The van der Waals surface area contributed by atoms with Gasteiger partial charge >= 0.3 is 5.97 Å². The van der Waals surface area contributed by atoms with Gasteiger partial charge in [0.25, 0.3) is 0 Å². The zero-order chi connectivity index (χ0) is 12.7. The van der Waals surface area contributed by atoms with Crippen LogP contribution in [0, 0.1) is 0 Å². The highest BCUT2D eigenvalue weighted by Crippen LogP contribution is 2.17. The lowest BCUT2D eigenvalue weighted by atomic mass is 10.2. The van der Waals surface area contributed by atoms with Crippen molar-refractivity contribution in [3.8, 4) is 0 Å². The predicted molar refractivity (Wildman–Crippen MR) is 70.9 cm³/mol. The first-order valence-corrected chi connectivity index (χ1v) is 6.83. The number of thioether (sulfide) groups is 1. The molecule has 1 rings (SSSR count). The van der Waals surface area contributed by atoms with E-state index in [0.717, 1.165) is 10.0 Å². The Morgan fingerprint density at radius 3 is 2.94 bits per heavy atom. The number of carbonyl (C=O) groups is 2. The first kappa shape index (κ1) is 14.1. The van der Waals surface area contributed by atoms with Crippen LogP contribution in [0.1, 0.15) is 5.56 Å². The van der Waals surface area contributed by atoms with Crippen LogP contribution in [0.3, 0.4) is 0 Å². The molecule has 92 valence electrons. The highest BCUT2D eigenvalue weighted by atomic mass is 79.9. The Bertz CT molecular complexity index is 400. The molecular formula is C11H12BrNO3S. The van der Waals surface area contributed by atoms with Crippen LogP contribution in [0.25, 0.3) is 0 Å². The summed E-state index contributed by atoms with van der Waals surface area (Å²) in [6.45, 7) is 0. The molecule has 0 aliphatic rings. The number of carboxylic acid groups (broad SMARTS) is 1. The third kappa shape index (κ3) is 5.23. The van der Waals surface area contributed by atoms with Crippen LogP contribution in [0.15, 0.2) is 28.7 Å².